The minimum Gasteiger partial charge on any atom is -0.296 e. The van der Waals surface area contributed by atoms with E-state index in [0.29, 0.717) is 0 Å². The summed E-state index contributed by atoms with van der Waals surface area (Å²) in [6.45, 7) is 3.71. The minimum atomic E-state index is -1.52. The number of benzene rings is 2. The number of nitrogens with zero attached hydrogens (tertiary/aromatic N) is 1. The van der Waals surface area contributed by atoms with Crippen molar-refractivity contribution in [2.24, 2.45) is 0 Å². The molecule has 0 N–H and O–H groups in total. The van der Waals surface area contributed by atoms with Gasteiger partial charge >= 0.3 is 0 Å². The van der Waals surface area contributed by atoms with Gasteiger partial charge in [-0.05, 0) is 29.7 Å². The minimum absolute atomic E-state index is 0.0613. The van der Waals surface area contributed by atoms with Crippen LogP contribution in [0.3, 0.4) is 0 Å². The van der Waals surface area contributed by atoms with Crippen LogP contribution < -0.4 is 0 Å². The first-order chi connectivity index (χ1) is 11.6. The molecular formula is C21H20FNO. The fourth-order valence-electron chi connectivity index (χ4n) is 3.13. The number of aromatic nitrogens is 1. The standard InChI is InChI=1S/C21H20FNO/c1-14-7-3-4-11-18(14)15(2)20(22)19(24)13-17-9-5-8-16-10-6-12-23-21(16)17/h3-12,15,20H,13H2,1-2H3. The maximum atomic E-state index is 14.8. The zero-order valence-electron chi connectivity index (χ0n) is 13.9. The molecule has 0 spiro atoms. The molecule has 0 aliphatic heterocycles. The molecule has 2 nitrogen and oxygen atoms in total. The van der Waals surface area contributed by atoms with Crippen LogP contribution in [0.15, 0.2) is 60.8 Å². The summed E-state index contributed by atoms with van der Waals surface area (Å²) in [6.07, 6.45) is 0.232. The number of alkyl halides is 1. The van der Waals surface area contributed by atoms with E-state index in [-0.39, 0.29) is 6.42 Å². The van der Waals surface area contributed by atoms with Crippen LogP contribution in [0.25, 0.3) is 10.9 Å². The second kappa shape index (κ2) is 6.91. The van der Waals surface area contributed by atoms with E-state index in [9.17, 15) is 9.18 Å². The lowest BCUT2D eigenvalue weighted by Crippen LogP contribution is -2.24. The largest absolute Gasteiger partial charge is 0.296 e. The van der Waals surface area contributed by atoms with E-state index in [2.05, 4.69) is 4.98 Å². The van der Waals surface area contributed by atoms with Gasteiger partial charge in [-0.2, -0.15) is 0 Å². The number of halogens is 1. The van der Waals surface area contributed by atoms with E-state index in [4.69, 9.17) is 0 Å². The molecule has 0 fully saturated rings. The van der Waals surface area contributed by atoms with Crippen LogP contribution in [-0.2, 0) is 11.2 Å². The van der Waals surface area contributed by atoms with E-state index in [1.165, 1.54) is 0 Å². The van der Waals surface area contributed by atoms with Gasteiger partial charge in [0.05, 0.1) is 5.52 Å². The van der Waals surface area contributed by atoms with Crippen molar-refractivity contribution in [3.63, 3.8) is 0 Å². The number of aryl methyl sites for hydroxylation is 1. The van der Waals surface area contributed by atoms with Crippen LogP contribution in [0, 0.1) is 6.92 Å². The third-order valence-corrected chi connectivity index (χ3v) is 4.51. The lowest BCUT2D eigenvalue weighted by molar-refractivity contribution is -0.123. The van der Waals surface area contributed by atoms with Crippen LogP contribution >= 0.6 is 0 Å². The number of rotatable bonds is 5. The van der Waals surface area contributed by atoms with Gasteiger partial charge in [0.15, 0.2) is 12.0 Å². The molecule has 2 atom stereocenters. The van der Waals surface area contributed by atoms with Crippen molar-refractivity contribution in [2.45, 2.75) is 32.4 Å². The van der Waals surface area contributed by atoms with E-state index in [1.807, 2.05) is 61.5 Å². The molecule has 3 rings (SSSR count). The van der Waals surface area contributed by atoms with Crippen molar-refractivity contribution >= 4 is 16.7 Å². The summed E-state index contributed by atoms with van der Waals surface area (Å²) in [5.74, 6) is -0.856. The average Bonchev–Trinajstić information content (AvgIpc) is 2.61. The molecule has 24 heavy (non-hydrogen) atoms. The third-order valence-electron chi connectivity index (χ3n) is 4.51. The molecule has 0 radical (unpaired) electrons. The Hall–Kier alpha value is -2.55. The molecule has 0 aliphatic carbocycles. The first-order valence-electron chi connectivity index (χ1n) is 8.13. The summed E-state index contributed by atoms with van der Waals surface area (Å²) in [4.78, 5) is 16.8. The molecule has 1 heterocycles. The van der Waals surface area contributed by atoms with Gasteiger partial charge < -0.3 is 0 Å². The maximum absolute atomic E-state index is 14.8. The zero-order chi connectivity index (χ0) is 17.1. The molecule has 2 aromatic carbocycles. The van der Waals surface area contributed by atoms with Crippen molar-refractivity contribution < 1.29 is 9.18 Å². The number of para-hydroxylation sites is 1. The van der Waals surface area contributed by atoms with Gasteiger partial charge in [-0.15, -0.1) is 0 Å². The highest BCUT2D eigenvalue weighted by molar-refractivity contribution is 5.91. The Balaban J connectivity index is 1.82. The topological polar surface area (TPSA) is 30.0 Å². The monoisotopic (exact) mass is 321 g/mol. The second-order valence-electron chi connectivity index (χ2n) is 6.18. The van der Waals surface area contributed by atoms with Gasteiger partial charge in [-0.25, -0.2) is 4.39 Å². The number of hydrogen-bond donors (Lipinski definition) is 0. The summed E-state index contributed by atoms with van der Waals surface area (Å²) >= 11 is 0. The highest BCUT2D eigenvalue weighted by Gasteiger charge is 2.27. The number of ketones is 1. The van der Waals surface area contributed by atoms with Crippen molar-refractivity contribution in [3.8, 4) is 0 Å². The Morgan fingerprint density at radius 1 is 1.08 bits per heavy atom. The molecule has 0 saturated carbocycles. The summed E-state index contributed by atoms with van der Waals surface area (Å²) < 4.78 is 14.8. The number of carbonyl (C=O) groups excluding carboxylic acids is 1. The van der Waals surface area contributed by atoms with Gasteiger partial charge in [0.2, 0.25) is 0 Å². The molecule has 122 valence electrons. The normalized spacial score (nSPS) is 13.6. The molecule has 0 saturated heterocycles. The summed E-state index contributed by atoms with van der Waals surface area (Å²) in [5.41, 5.74) is 3.43. The SMILES string of the molecule is Cc1ccccc1C(C)C(F)C(=O)Cc1cccc2cccnc12. The van der Waals surface area contributed by atoms with Crippen molar-refractivity contribution in [1.29, 1.82) is 0 Å². The fraction of sp³-hybridized carbons (Fsp3) is 0.238. The van der Waals surface area contributed by atoms with Crippen molar-refractivity contribution in [1.82, 2.24) is 4.98 Å². The van der Waals surface area contributed by atoms with Gasteiger partial charge in [0, 0.05) is 23.9 Å². The first kappa shape index (κ1) is 16.3. The number of Topliss-reactive ketones (excluding diaryl/α,β-unsaturated/α-hetero) is 1. The van der Waals surface area contributed by atoms with Gasteiger partial charge in [0.25, 0.3) is 0 Å². The summed E-state index contributed by atoms with van der Waals surface area (Å²) in [5, 5.41) is 0.963. The highest BCUT2D eigenvalue weighted by atomic mass is 19.1. The smallest absolute Gasteiger partial charge is 0.171 e. The van der Waals surface area contributed by atoms with E-state index < -0.39 is 17.9 Å². The van der Waals surface area contributed by atoms with Crippen molar-refractivity contribution in [3.05, 3.63) is 77.5 Å². The Morgan fingerprint density at radius 3 is 2.62 bits per heavy atom. The molecule has 0 bridgehead atoms. The van der Waals surface area contributed by atoms with Gasteiger partial charge in [-0.3, -0.25) is 9.78 Å². The Morgan fingerprint density at radius 2 is 1.83 bits per heavy atom. The van der Waals surface area contributed by atoms with Crippen LogP contribution in [0.5, 0.6) is 0 Å². The third kappa shape index (κ3) is 3.21. The molecule has 3 heteroatoms. The lowest BCUT2D eigenvalue weighted by Gasteiger charge is -2.18. The predicted octanol–water partition coefficient (Wildman–Crippen LogP) is 4.80. The Kier molecular flexibility index (Phi) is 4.70. The second-order valence-corrected chi connectivity index (χ2v) is 6.18. The molecule has 1 aromatic heterocycles. The lowest BCUT2D eigenvalue weighted by atomic mass is 9.89. The van der Waals surface area contributed by atoms with E-state index in [0.717, 1.165) is 27.6 Å². The Labute approximate surface area is 141 Å². The first-order valence-corrected chi connectivity index (χ1v) is 8.13. The molecular weight excluding hydrogens is 301 g/mol. The Bertz CT molecular complexity index is 869. The molecule has 3 aromatic rings. The maximum Gasteiger partial charge on any atom is 0.171 e. The summed E-state index contributed by atoms with van der Waals surface area (Å²) in [6, 6.07) is 17.1. The van der Waals surface area contributed by atoms with Crippen LogP contribution in [0.2, 0.25) is 0 Å². The number of pyridine rings is 1. The van der Waals surface area contributed by atoms with Crippen LogP contribution in [0.4, 0.5) is 4.39 Å². The highest BCUT2D eigenvalue weighted by Crippen LogP contribution is 2.26. The van der Waals surface area contributed by atoms with Gasteiger partial charge in [-0.1, -0.05) is 55.5 Å². The predicted molar refractivity (Wildman–Crippen MR) is 94.9 cm³/mol. The van der Waals surface area contributed by atoms with E-state index >= 15 is 0 Å². The summed E-state index contributed by atoms with van der Waals surface area (Å²) in [7, 11) is 0. The number of carbonyl (C=O) groups is 1. The molecule has 0 aliphatic rings. The number of fused-ring (bicyclic) bond motifs is 1. The van der Waals surface area contributed by atoms with E-state index in [1.54, 1.807) is 13.1 Å². The van der Waals surface area contributed by atoms with Crippen LogP contribution in [0.1, 0.15) is 29.5 Å². The van der Waals surface area contributed by atoms with Crippen LogP contribution in [-0.4, -0.2) is 16.9 Å². The number of hydrogen-bond acceptors (Lipinski definition) is 2. The quantitative estimate of drug-likeness (QED) is 0.676. The molecule has 0 amide bonds. The average molecular weight is 321 g/mol. The zero-order valence-corrected chi connectivity index (χ0v) is 13.9. The fourth-order valence-corrected chi connectivity index (χ4v) is 3.13. The van der Waals surface area contributed by atoms with Gasteiger partial charge in [0.1, 0.15) is 0 Å². The van der Waals surface area contributed by atoms with Crippen molar-refractivity contribution in [2.75, 3.05) is 0 Å². The molecule has 2 unspecified atom stereocenters.